The Bertz CT molecular complexity index is 821. The topological polar surface area (TPSA) is 111 Å². The van der Waals surface area contributed by atoms with Crippen molar-refractivity contribution in [1.82, 2.24) is 0 Å². The number of azide groups is 1. The fraction of sp³-hybridized carbons (Fsp3) is 0.571. The summed E-state index contributed by atoms with van der Waals surface area (Å²) >= 11 is 0. The first-order valence-electron chi connectivity index (χ1n) is 7.50. The second kappa shape index (κ2) is 6.49. The highest BCUT2D eigenvalue weighted by molar-refractivity contribution is 7.81. The molecule has 0 aromatic heterocycles. The van der Waals surface area contributed by atoms with Gasteiger partial charge in [0.1, 0.15) is 5.75 Å². The smallest absolute Gasteiger partial charge is 0.399 e. The highest BCUT2D eigenvalue weighted by atomic mass is 32.3. The van der Waals surface area contributed by atoms with Crippen molar-refractivity contribution in [2.75, 3.05) is 0 Å². The summed E-state index contributed by atoms with van der Waals surface area (Å²) in [6.07, 6.45) is 0. The average Bonchev–Trinajstić information content (AvgIpc) is 2.66. The zero-order chi connectivity index (χ0) is 19.0. The summed E-state index contributed by atoms with van der Waals surface area (Å²) in [4.78, 5) is 2.68. The van der Waals surface area contributed by atoms with Crippen LogP contribution in [0.25, 0.3) is 10.4 Å². The minimum absolute atomic E-state index is 0.0572. The lowest BCUT2D eigenvalue weighted by atomic mass is 9.75. The third kappa shape index (κ3) is 4.24. The normalized spacial score (nSPS) is 18.7. The quantitative estimate of drug-likeness (QED) is 0.260. The minimum atomic E-state index is -5.20. The molecule has 25 heavy (non-hydrogen) atoms. The summed E-state index contributed by atoms with van der Waals surface area (Å²) in [5.74, 6) is -0.249. The van der Waals surface area contributed by atoms with Gasteiger partial charge in [0.2, 0.25) is 0 Å². The number of hydrogen-bond donors (Lipinski definition) is 0. The fourth-order valence-corrected chi connectivity index (χ4v) is 2.74. The van der Waals surface area contributed by atoms with Crippen LogP contribution in [0.3, 0.4) is 0 Å². The Labute approximate surface area is 146 Å². The molecular weight excluding hydrogens is 352 g/mol. The molecule has 1 aromatic rings. The lowest BCUT2D eigenvalue weighted by Crippen LogP contribution is -2.41. The molecule has 1 aromatic carbocycles. The summed E-state index contributed by atoms with van der Waals surface area (Å²) in [5.41, 5.74) is 8.91. The predicted molar refractivity (Wildman–Crippen MR) is 90.4 cm³/mol. The monoisotopic (exact) mass is 371 g/mol. The van der Waals surface area contributed by atoms with E-state index in [-0.39, 0.29) is 12.3 Å². The maximum atomic E-state index is 12.9. The SMILES string of the molecule is Cc1c(CN=[N+]=[N-])cc(OS(=O)(=O)F)cc1B1OC(C)(C)C(C)(C)O1. The molecule has 1 fully saturated rings. The molecule has 136 valence electrons. The van der Waals surface area contributed by atoms with Crippen molar-refractivity contribution in [2.24, 2.45) is 5.11 Å². The summed E-state index contributed by atoms with van der Waals surface area (Å²) in [6, 6.07) is 2.64. The van der Waals surface area contributed by atoms with Gasteiger partial charge in [-0.05, 0) is 68.9 Å². The second-order valence-corrected chi connectivity index (χ2v) is 7.70. The van der Waals surface area contributed by atoms with Gasteiger partial charge < -0.3 is 13.5 Å². The van der Waals surface area contributed by atoms with Crippen LogP contribution < -0.4 is 9.65 Å². The van der Waals surface area contributed by atoms with Gasteiger partial charge in [-0.1, -0.05) is 9.00 Å². The molecule has 11 heteroatoms. The van der Waals surface area contributed by atoms with Crippen LogP contribution in [0.5, 0.6) is 5.75 Å². The first kappa shape index (κ1) is 19.5. The highest BCUT2D eigenvalue weighted by Gasteiger charge is 2.52. The van der Waals surface area contributed by atoms with E-state index in [9.17, 15) is 12.3 Å². The molecule has 2 rings (SSSR count). The molecule has 1 aliphatic rings. The molecule has 1 saturated heterocycles. The van der Waals surface area contributed by atoms with E-state index in [2.05, 4.69) is 14.2 Å². The van der Waals surface area contributed by atoms with Crippen LogP contribution in [0, 0.1) is 6.92 Å². The summed E-state index contributed by atoms with van der Waals surface area (Å²) in [6.45, 7) is 9.17. The van der Waals surface area contributed by atoms with Crippen molar-refractivity contribution in [3.63, 3.8) is 0 Å². The Morgan fingerprint density at radius 3 is 2.32 bits per heavy atom. The Kier molecular flexibility index (Phi) is 5.07. The van der Waals surface area contributed by atoms with Crippen molar-refractivity contribution < 1.29 is 25.8 Å². The Balaban J connectivity index is 2.52. The molecule has 1 heterocycles. The molecule has 1 aliphatic heterocycles. The largest absolute Gasteiger partial charge is 0.495 e. The van der Waals surface area contributed by atoms with Crippen LogP contribution in [0.4, 0.5) is 3.89 Å². The van der Waals surface area contributed by atoms with Crippen LogP contribution in [-0.4, -0.2) is 26.7 Å². The Morgan fingerprint density at radius 1 is 1.28 bits per heavy atom. The van der Waals surface area contributed by atoms with Crippen molar-refractivity contribution in [3.8, 4) is 5.75 Å². The highest BCUT2D eigenvalue weighted by Crippen LogP contribution is 2.37. The molecule has 0 radical (unpaired) electrons. The van der Waals surface area contributed by atoms with Crippen LogP contribution >= 0.6 is 0 Å². The molecule has 0 unspecified atom stereocenters. The van der Waals surface area contributed by atoms with E-state index in [1.54, 1.807) is 6.92 Å². The van der Waals surface area contributed by atoms with E-state index in [0.717, 1.165) is 0 Å². The summed E-state index contributed by atoms with van der Waals surface area (Å²) in [5, 5.41) is 3.47. The van der Waals surface area contributed by atoms with Gasteiger partial charge in [0, 0.05) is 4.91 Å². The Hall–Kier alpha value is -1.81. The van der Waals surface area contributed by atoms with Gasteiger partial charge in [-0.2, -0.15) is 8.42 Å². The number of halogens is 1. The molecule has 0 N–H and O–H groups in total. The van der Waals surface area contributed by atoms with Gasteiger partial charge in [-0.25, -0.2) is 0 Å². The van der Waals surface area contributed by atoms with Crippen molar-refractivity contribution in [3.05, 3.63) is 33.7 Å². The lowest BCUT2D eigenvalue weighted by Gasteiger charge is -2.32. The fourth-order valence-electron chi connectivity index (χ4n) is 2.42. The van der Waals surface area contributed by atoms with Gasteiger partial charge >= 0.3 is 17.6 Å². The van der Waals surface area contributed by atoms with Gasteiger partial charge in [0.25, 0.3) is 0 Å². The van der Waals surface area contributed by atoms with Crippen LogP contribution in [0.2, 0.25) is 0 Å². The molecule has 0 aliphatic carbocycles. The third-order valence-corrected chi connectivity index (χ3v) is 4.93. The second-order valence-electron chi connectivity index (χ2n) is 6.75. The van der Waals surface area contributed by atoms with E-state index in [1.807, 2.05) is 27.7 Å². The van der Waals surface area contributed by atoms with Crippen LogP contribution in [-0.2, 0) is 26.4 Å². The van der Waals surface area contributed by atoms with E-state index in [4.69, 9.17) is 14.8 Å². The average molecular weight is 371 g/mol. The number of benzene rings is 1. The number of rotatable bonds is 5. The van der Waals surface area contributed by atoms with Gasteiger partial charge in [-0.15, -0.1) is 0 Å². The maximum absolute atomic E-state index is 12.9. The van der Waals surface area contributed by atoms with Crippen LogP contribution in [0.15, 0.2) is 17.2 Å². The lowest BCUT2D eigenvalue weighted by molar-refractivity contribution is 0.00578. The van der Waals surface area contributed by atoms with Crippen molar-refractivity contribution in [1.29, 1.82) is 0 Å². The van der Waals surface area contributed by atoms with Gasteiger partial charge in [0.05, 0.1) is 17.7 Å². The Morgan fingerprint density at radius 2 is 1.84 bits per heavy atom. The van der Waals surface area contributed by atoms with E-state index >= 15 is 0 Å². The van der Waals surface area contributed by atoms with Crippen molar-refractivity contribution in [2.45, 2.75) is 52.4 Å². The van der Waals surface area contributed by atoms with E-state index < -0.39 is 28.8 Å². The summed E-state index contributed by atoms with van der Waals surface area (Å²) < 4.78 is 50.8. The molecule has 0 atom stereocenters. The molecule has 0 spiro atoms. The molecular formula is C14H19BFN3O5S. The van der Waals surface area contributed by atoms with E-state index in [0.29, 0.717) is 16.6 Å². The maximum Gasteiger partial charge on any atom is 0.495 e. The first-order chi connectivity index (χ1) is 11.4. The number of nitrogens with zero attached hydrogens (tertiary/aromatic N) is 3. The summed E-state index contributed by atoms with van der Waals surface area (Å²) in [7, 11) is -6.00. The van der Waals surface area contributed by atoms with Gasteiger partial charge in [0.15, 0.2) is 0 Å². The van der Waals surface area contributed by atoms with Crippen LogP contribution in [0.1, 0.15) is 38.8 Å². The van der Waals surface area contributed by atoms with E-state index in [1.165, 1.54) is 12.1 Å². The standard InChI is InChI=1S/C14H19BFN3O5S/c1-9-10(8-18-19-17)6-11(22-25(16,20)21)7-12(9)15-23-13(2,3)14(4,5)24-15/h6-7H,8H2,1-5H3. The molecule has 8 nitrogen and oxygen atoms in total. The molecule has 0 amide bonds. The minimum Gasteiger partial charge on any atom is -0.399 e. The van der Waals surface area contributed by atoms with Gasteiger partial charge in [-0.3, -0.25) is 0 Å². The first-order valence-corrected chi connectivity index (χ1v) is 8.81. The van der Waals surface area contributed by atoms with Crippen molar-refractivity contribution >= 4 is 23.1 Å². The molecule has 0 bridgehead atoms. The predicted octanol–water partition coefficient (Wildman–Crippen LogP) is 2.70. The molecule has 0 saturated carbocycles. The zero-order valence-electron chi connectivity index (χ0n) is 14.6. The third-order valence-electron chi connectivity index (χ3n) is 4.54. The zero-order valence-corrected chi connectivity index (χ0v) is 15.4. The number of hydrogen-bond acceptors (Lipinski definition) is 6.